The van der Waals surface area contributed by atoms with Gasteiger partial charge < -0.3 is 79.9 Å². The zero-order valence-corrected chi connectivity index (χ0v) is 17.7. The van der Waals surface area contributed by atoms with E-state index in [4.69, 9.17) is 28.8 Å². The first-order valence-electron chi connectivity index (χ1n) is 10.6. The van der Waals surface area contributed by atoms with Crippen LogP contribution in [0.3, 0.4) is 0 Å². The number of aliphatic hydroxyl groups is 11. The minimum atomic E-state index is -1.82. The van der Waals surface area contributed by atoms with Gasteiger partial charge in [0.15, 0.2) is 18.9 Å². The fourth-order valence-electron chi connectivity index (χ4n) is 3.87. The molecule has 34 heavy (non-hydrogen) atoms. The number of hydrogen-bond acceptors (Lipinski definition) is 16. The van der Waals surface area contributed by atoms with Crippen molar-refractivity contribution in [2.24, 2.45) is 0 Å². The molecule has 3 fully saturated rings. The Hall–Kier alpha value is -0.640. The molecule has 1 unspecified atom stereocenters. The summed E-state index contributed by atoms with van der Waals surface area (Å²) in [4.78, 5) is 0. The molecule has 16 heteroatoms. The van der Waals surface area contributed by atoms with E-state index < -0.39 is 112 Å². The molecule has 0 aromatic heterocycles. The molecule has 0 bridgehead atoms. The largest absolute Gasteiger partial charge is 0.394 e. The van der Waals surface area contributed by atoms with Crippen molar-refractivity contribution >= 4 is 0 Å². The maximum atomic E-state index is 10.2. The lowest BCUT2D eigenvalue weighted by atomic mass is 9.98. The van der Waals surface area contributed by atoms with Crippen molar-refractivity contribution in [2.45, 2.75) is 92.1 Å². The van der Waals surface area contributed by atoms with E-state index in [2.05, 4.69) is 0 Å². The van der Waals surface area contributed by atoms with Gasteiger partial charge in [-0.05, 0) is 0 Å². The zero-order chi connectivity index (χ0) is 25.3. The predicted molar refractivity (Wildman–Crippen MR) is 101 cm³/mol. The van der Waals surface area contributed by atoms with Gasteiger partial charge in [-0.3, -0.25) is 0 Å². The highest BCUT2D eigenvalue weighted by Gasteiger charge is 2.49. The zero-order valence-electron chi connectivity index (χ0n) is 17.7. The van der Waals surface area contributed by atoms with Crippen molar-refractivity contribution in [1.29, 1.82) is 0 Å². The van der Waals surface area contributed by atoms with Crippen molar-refractivity contribution in [3.8, 4) is 0 Å². The van der Waals surface area contributed by atoms with Crippen LogP contribution in [0, 0.1) is 0 Å². The highest BCUT2D eigenvalue weighted by Crippen LogP contribution is 2.28. The van der Waals surface area contributed by atoms with Crippen LogP contribution in [-0.4, -0.2) is 168 Å². The molecule has 0 aliphatic carbocycles. The van der Waals surface area contributed by atoms with Crippen LogP contribution in [0.1, 0.15) is 0 Å². The molecule has 3 aliphatic rings. The third kappa shape index (κ3) is 5.68. The molecule has 0 saturated carbocycles. The Balaban J connectivity index is 1.56. The average Bonchev–Trinajstić information content (AvgIpc) is 3.11. The van der Waals surface area contributed by atoms with E-state index in [0.717, 1.165) is 0 Å². The lowest BCUT2D eigenvalue weighted by molar-refractivity contribution is -0.330. The normalized spacial score (nSPS) is 50.9. The Bertz CT molecular complexity index is 641. The van der Waals surface area contributed by atoms with Crippen molar-refractivity contribution < 1.29 is 79.9 Å². The van der Waals surface area contributed by atoms with E-state index in [1.54, 1.807) is 0 Å². The van der Waals surface area contributed by atoms with Gasteiger partial charge in [0.1, 0.15) is 73.2 Å². The van der Waals surface area contributed by atoms with Gasteiger partial charge in [-0.2, -0.15) is 0 Å². The van der Waals surface area contributed by atoms with Crippen molar-refractivity contribution in [1.82, 2.24) is 0 Å². The molecule has 200 valence electrons. The fraction of sp³-hybridized carbons (Fsp3) is 1.00. The summed E-state index contributed by atoms with van der Waals surface area (Å²) >= 11 is 0. The topological polar surface area (TPSA) is 269 Å². The maximum absolute atomic E-state index is 10.2. The van der Waals surface area contributed by atoms with Gasteiger partial charge in [-0.1, -0.05) is 0 Å². The average molecular weight is 504 g/mol. The molecule has 3 saturated heterocycles. The summed E-state index contributed by atoms with van der Waals surface area (Å²) in [6.07, 6.45) is -24.1. The monoisotopic (exact) mass is 504 g/mol. The van der Waals surface area contributed by atoms with Crippen LogP contribution in [0.2, 0.25) is 0 Å². The number of hydrogen-bond donors (Lipinski definition) is 11. The van der Waals surface area contributed by atoms with Gasteiger partial charge in [0, 0.05) is 0 Å². The maximum Gasteiger partial charge on any atom is 0.186 e. The van der Waals surface area contributed by atoms with Gasteiger partial charge in [-0.25, -0.2) is 0 Å². The van der Waals surface area contributed by atoms with Gasteiger partial charge in [0.25, 0.3) is 0 Å². The molecular formula is C18H32O16. The second kappa shape index (κ2) is 11.6. The van der Waals surface area contributed by atoms with E-state index in [1.165, 1.54) is 0 Å². The van der Waals surface area contributed by atoms with Crippen molar-refractivity contribution in [3.63, 3.8) is 0 Å². The van der Waals surface area contributed by atoms with Crippen LogP contribution in [0.4, 0.5) is 0 Å². The third-order valence-corrected chi connectivity index (χ3v) is 6.03. The van der Waals surface area contributed by atoms with Crippen molar-refractivity contribution in [2.75, 3.05) is 19.8 Å². The van der Waals surface area contributed by atoms with E-state index in [1.807, 2.05) is 0 Å². The molecule has 11 N–H and O–H groups in total. The molecule has 0 spiro atoms. The van der Waals surface area contributed by atoms with Crippen LogP contribution in [0.5, 0.6) is 0 Å². The van der Waals surface area contributed by atoms with Crippen LogP contribution in [0.25, 0.3) is 0 Å². The minimum absolute atomic E-state index is 0.548. The highest BCUT2D eigenvalue weighted by atomic mass is 16.7. The van der Waals surface area contributed by atoms with Gasteiger partial charge >= 0.3 is 0 Å². The van der Waals surface area contributed by atoms with Crippen LogP contribution in [-0.2, 0) is 23.7 Å². The summed E-state index contributed by atoms with van der Waals surface area (Å²) in [6, 6.07) is 0. The molecule has 0 radical (unpaired) electrons. The van der Waals surface area contributed by atoms with Crippen LogP contribution < -0.4 is 0 Å². The van der Waals surface area contributed by atoms with E-state index in [0.29, 0.717) is 0 Å². The second-order valence-electron chi connectivity index (χ2n) is 8.42. The van der Waals surface area contributed by atoms with Crippen LogP contribution >= 0.6 is 0 Å². The number of aliphatic hydroxyl groups excluding tert-OH is 11. The van der Waals surface area contributed by atoms with Gasteiger partial charge in [0.2, 0.25) is 0 Å². The Morgan fingerprint density at radius 1 is 0.559 bits per heavy atom. The SMILES string of the molecule is OC[C@@H](O)[C@@H]1O[C@@H](OC[C@H]2O[C@H](OC[C@H]3OC(O)[C@@H](O)[C@@H](O)[C@@H]3O)[C@@H](O)[C@@H](O)[C@@H]2O)[C@H](O)[C@H]1O. The number of ether oxygens (including phenoxy) is 5. The van der Waals surface area contributed by atoms with E-state index >= 15 is 0 Å². The fourth-order valence-corrected chi connectivity index (χ4v) is 3.87. The first-order chi connectivity index (χ1) is 16.0. The molecule has 3 heterocycles. The standard InChI is InChI=1S/C18H32O16/c19-1-4(20)15-11(25)14(28)18(34-15)31-3-6-8(22)10(24)13(27)17(33-6)30-2-5-7(21)9(23)12(26)16(29)32-5/h4-29H,1-3H2/t4-,5-,6-,7-,8-,9+,10+,11-,12+,13+,14-,15+,16?,17+,18-/m1/s1. The van der Waals surface area contributed by atoms with Gasteiger partial charge in [-0.15, -0.1) is 0 Å². The molecule has 3 rings (SSSR count). The van der Waals surface area contributed by atoms with Crippen LogP contribution in [0.15, 0.2) is 0 Å². The lowest BCUT2D eigenvalue weighted by Crippen LogP contribution is -2.61. The quantitative estimate of drug-likeness (QED) is 0.146. The second-order valence-corrected chi connectivity index (χ2v) is 8.42. The molecule has 3 aliphatic heterocycles. The van der Waals surface area contributed by atoms with E-state index in [9.17, 15) is 51.1 Å². The Labute approximate surface area is 192 Å². The Morgan fingerprint density at radius 3 is 1.59 bits per heavy atom. The summed E-state index contributed by atoms with van der Waals surface area (Å²) < 4.78 is 26.1. The summed E-state index contributed by atoms with van der Waals surface area (Å²) in [7, 11) is 0. The molecule has 15 atom stereocenters. The first kappa shape index (κ1) is 27.9. The third-order valence-electron chi connectivity index (χ3n) is 6.03. The summed E-state index contributed by atoms with van der Waals surface area (Å²) in [5, 5.41) is 108. The van der Waals surface area contributed by atoms with Gasteiger partial charge in [0.05, 0.1) is 19.8 Å². The minimum Gasteiger partial charge on any atom is -0.394 e. The smallest absolute Gasteiger partial charge is 0.186 e. The Morgan fingerprint density at radius 2 is 1.03 bits per heavy atom. The predicted octanol–water partition coefficient (Wildman–Crippen LogP) is -7.57. The molecule has 0 aromatic rings. The summed E-state index contributed by atoms with van der Waals surface area (Å²) in [5.41, 5.74) is 0. The molecular weight excluding hydrogens is 472 g/mol. The van der Waals surface area contributed by atoms with Crippen molar-refractivity contribution in [3.05, 3.63) is 0 Å². The molecule has 16 nitrogen and oxygen atoms in total. The molecule has 0 amide bonds. The number of rotatable bonds is 8. The Kier molecular flexibility index (Phi) is 9.54. The highest BCUT2D eigenvalue weighted by molar-refractivity contribution is 4.93. The van der Waals surface area contributed by atoms with E-state index in [-0.39, 0.29) is 0 Å². The summed E-state index contributed by atoms with van der Waals surface area (Å²) in [6.45, 7) is -1.87. The lowest BCUT2D eigenvalue weighted by Gasteiger charge is -2.42. The first-order valence-corrected chi connectivity index (χ1v) is 10.6. The molecule has 0 aromatic carbocycles. The summed E-state index contributed by atoms with van der Waals surface area (Å²) in [5.74, 6) is 0.